The molecule has 0 heterocycles. The van der Waals surface area contributed by atoms with Crippen LogP contribution in [0.4, 0.5) is 0 Å². The van der Waals surface area contributed by atoms with Gasteiger partial charge in [-0.1, -0.05) is 48.0 Å². The van der Waals surface area contributed by atoms with Crippen LogP contribution < -0.4 is 10.9 Å². The lowest BCUT2D eigenvalue weighted by Crippen LogP contribution is -2.16. The van der Waals surface area contributed by atoms with E-state index in [-0.39, 0.29) is 15.5 Å². The minimum absolute atomic E-state index is 0.0679. The SMILES string of the molecule is NC(=O)c1ccc(C(=O)c2ccc(Cl)c(S(N)(=O)=O)c2)cc1CCc1ccccc1. The standard InChI is InChI=1S/C22H19ClN2O4S/c23-19-11-9-17(13-20(19)30(25,28)29)21(26)16-8-10-18(22(24)27)15(12-16)7-6-14-4-2-1-3-5-14/h1-5,8-13H,6-7H2,(H2,24,27)(H2,25,28,29). The summed E-state index contributed by atoms with van der Waals surface area (Å²) in [6.07, 6.45) is 1.17. The molecular weight excluding hydrogens is 424 g/mol. The van der Waals surface area contributed by atoms with Crippen molar-refractivity contribution in [3.8, 4) is 0 Å². The van der Waals surface area contributed by atoms with Gasteiger partial charge in [-0.05, 0) is 54.3 Å². The molecule has 8 heteroatoms. The Balaban J connectivity index is 1.96. The van der Waals surface area contributed by atoms with Gasteiger partial charge >= 0.3 is 0 Å². The number of hydrogen-bond donors (Lipinski definition) is 2. The zero-order valence-electron chi connectivity index (χ0n) is 15.8. The van der Waals surface area contributed by atoms with Crippen LogP contribution in [0.2, 0.25) is 5.02 Å². The minimum atomic E-state index is -4.08. The molecule has 3 aromatic rings. The van der Waals surface area contributed by atoms with E-state index in [1.165, 1.54) is 24.3 Å². The van der Waals surface area contributed by atoms with Gasteiger partial charge in [0.05, 0.1) is 5.02 Å². The summed E-state index contributed by atoms with van der Waals surface area (Å²) in [5, 5.41) is 5.09. The molecule has 0 aliphatic heterocycles. The molecule has 0 radical (unpaired) electrons. The van der Waals surface area contributed by atoms with Crippen LogP contribution in [0.3, 0.4) is 0 Å². The number of nitrogens with two attached hydrogens (primary N) is 2. The van der Waals surface area contributed by atoms with E-state index in [1.54, 1.807) is 6.07 Å². The van der Waals surface area contributed by atoms with E-state index in [4.69, 9.17) is 22.5 Å². The molecule has 154 valence electrons. The third kappa shape index (κ3) is 4.94. The lowest BCUT2D eigenvalue weighted by Gasteiger charge is -2.11. The highest BCUT2D eigenvalue weighted by atomic mass is 35.5. The fourth-order valence-corrected chi connectivity index (χ4v) is 4.21. The molecule has 1 amide bonds. The van der Waals surface area contributed by atoms with Crippen molar-refractivity contribution in [3.63, 3.8) is 0 Å². The molecule has 3 rings (SSSR count). The Morgan fingerprint density at radius 3 is 2.13 bits per heavy atom. The summed E-state index contributed by atoms with van der Waals surface area (Å²) in [7, 11) is -4.08. The maximum atomic E-state index is 12.9. The number of halogens is 1. The van der Waals surface area contributed by atoms with Crippen molar-refractivity contribution in [1.82, 2.24) is 0 Å². The Morgan fingerprint density at radius 2 is 1.50 bits per heavy atom. The minimum Gasteiger partial charge on any atom is -0.366 e. The quantitative estimate of drug-likeness (QED) is 0.546. The Bertz CT molecular complexity index is 1230. The first-order valence-corrected chi connectivity index (χ1v) is 10.9. The highest BCUT2D eigenvalue weighted by molar-refractivity contribution is 7.89. The molecule has 0 unspecified atom stereocenters. The van der Waals surface area contributed by atoms with Gasteiger partial charge in [0.1, 0.15) is 4.90 Å². The van der Waals surface area contributed by atoms with E-state index in [1.807, 2.05) is 30.3 Å². The van der Waals surface area contributed by atoms with Crippen molar-refractivity contribution in [1.29, 1.82) is 0 Å². The molecule has 0 aliphatic rings. The van der Waals surface area contributed by atoms with Crippen LogP contribution in [0.15, 0.2) is 71.6 Å². The number of rotatable bonds is 7. The molecule has 0 saturated heterocycles. The van der Waals surface area contributed by atoms with Crippen molar-refractivity contribution < 1.29 is 18.0 Å². The molecule has 6 nitrogen and oxygen atoms in total. The zero-order valence-corrected chi connectivity index (χ0v) is 17.4. The van der Waals surface area contributed by atoms with Crippen LogP contribution in [-0.4, -0.2) is 20.1 Å². The molecule has 0 aromatic heterocycles. The number of primary amides is 1. The van der Waals surface area contributed by atoms with Crippen molar-refractivity contribution in [2.75, 3.05) is 0 Å². The molecule has 0 atom stereocenters. The fourth-order valence-electron chi connectivity index (χ4n) is 3.14. The first kappa shape index (κ1) is 21.7. The van der Waals surface area contributed by atoms with E-state index >= 15 is 0 Å². The zero-order chi connectivity index (χ0) is 21.9. The summed E-state index contributed by atoms with van der Waals surface area (Å²) in [5.74, 6) is -1.01. The number of sulfonamides is 1. The Morgan fingerprint density at radius 1 is 0.867 bits per heavy atom. The number of hydrogen-bond acceptors (Lipinski definition) is 4. The van der Waals surface area contributed by atoms with E-state index in [0.29, 0.717) is 29.5 Å². The maximum Gasteiger partial charge on any atom is 0.248 e. The first-order chi connectivity index (χ1) is 14.2. The normalized spacial score (nSPS) is 11.3. The number of ketones is 1. The van der Waals surface area contributed by atoms with E-state index in [0.717, 1.165) is 11.6 Å². The molecule has 0 spiro atoms. The summed E-state index contributed by atoms with van der Waals surface area (Å²) < 4.78 is 23.4. The lowest BCUT2D eigenvalue weighted by molar-refractivity contribution is 0.0995. The van der Waals surface area contributed by atoms with Gasteiger partial charge < -0.3 is 5.73 Å². The average molecular weight is 443 g/mol. The van der Waals surface area contributed by atoms with E-state index < -0.39 is 21.7 Å². The predicted octanol–water partition coefficient (Wildman–Crippen LogP) is 3.10. The predicted molar refractivity (Wildman–Crippen MR) is 115 cm³/mol. The number of primary sulfonamides is 1. The number of carbonyl (C=O) groups excluding carboxylic acids is 2. The first-order valence-electron chi connectivity index (χ1n) is 9.00. The van der Waals surface area contributed by atoms with Gasteiger partial charge in [0.2, 0.25) is 15.9 Å². The lowest BCUT2D eigenvalue weighted by atomic mass is 9.94. The fraction of sp³-hybridized carbons (Fsp3) is 0.0909. The van der Waals surface area contributed by atoms with E-state index in [2.05, 4.69) is 0 Å². The van der Waals surface area contributed by atoms with Crippen molar-refractivity contribution in [2.45, 2.75) is 17.7 Å². The molecule has 4 N–H and O–H groups in total. The second kappa shape index (κ2) is 8.79. The molecule has 0 fully saturated rings. The van der Waals surface area contributed by atoms with Gasteiger partial charge in [-0.2, -0.15) is 0 Å². The van der Waals surface area contributed by atoms with Crippen LogP contribution in [-0.2, 0) is 22.9 Å². The Kier molecular flexibility index (Phi) is 6.36. The van der Waals surface area contributed by atoms with Gasteiger partial charge in [-0.15, -0.1) is 0 Å². The monoisotopic (exact) mass is 442 g/mol. The largest absolute Gasteiger partial charge is 0.366 e. The van der Waals surface area contributed by atoms with Gasteiger partial charge in [-0.3, -0.25) is 9.59 Å². The Labute approximate surface area is 179 Å². The van der Waals surface area contributed by atoms with Crippen molar-refractivity contribution >= 4 is 33.3 Å². The van der Waals surface area contributed by atoms with Gasteiger partial charge in [0.25, 0.3) is 0 Å². The summed E-state index contributed by atoms with van der Waals surface area (Å²) >= 11 is 5.89. The van der Waals surface area contributed by atoms with Crippen molar-refractivity contribution in [3.05, 3.63) is 99.6 Å². The summed E-state index contributed by atoms with van der Waals surface area (Å²) in [4.78, 5) is 24.4. The summed E-state index contributed by atoms with van der Waals surface area (Å²) in [6, 6.07) is 18.2. The number of aryl methyl sites for hydroxylation is 2. The average Bonchev–Trinajstić information content (AvgIpc) is 2.71. The third-order valence-corrected chi connectivity index (χ3v) is 6.05. The van der Waals surface area contributed by atoms with Gasteiger partial charge in [0.15, 0.2) is 5.78 Å². The van der Waals surface area contributed by atoms with Crippen LogP contribution in [0.25, 0.3) is 0 Å². The van der Waals surface area contributed by atoms with Crippen LogP contribution in [0, 0.1) is 0 Å². The van der Waals surface area contributed by atoms with E-state index in [9.17, 15) is 18.0 Å². The highest BCUT2D eigenvalue weighted by Gasteiger charge is 2.19. The van der Waals surface area contributed by atoms with Gasteiger partial charge in [-0.25, -0.2) is 13.6 Å². The number of carbonyl (C=O) groups is 2. The third-order valence-electron chi connectivity index (χ3n) is 4.66. The topological polar surface area (TPSA) is 120 Å². The molecule has 30 heavy (non-hydrogen) atoms. The van der Waals surface area contributed by atoms with Crippen LogP contribution in [0.5, 0.6) is 0 Å². The highest BCUT2D eigenvalue weighted by Crippen LogP contribution is 2.24. The second-order valence-electron chi connectivity index (χ2n) is 6.74. The number of amides is 1. The van der Waals surface area contributed by atoms with Crippen LogP contribution in [0.1, 0.15) is 37.4 Å². The van der Waals surface area contributed by atoms with Crippen molar-refractivity contribution in [2.24, 2.45) is 10.9 Å². The molecule has 3 aromatic carbocycles. The molecule has 0 saturated carbocycles. The summed E-state index contributed by atoms with van der Waals surface area (Å²) in [6.45, 7) is 0. The molecular formula is C22H19ClN2O4S. The van der Waals surface area contributed by atoms with Gasteiger partial charge in [0, 0.05) is 16.7 Å². The summed E-state index contributed by atoms with van der Waals surface area (Å²) in [5.41, 5.74) is 7.96. The molecule has 0 aliphatic carbocycles. The second-order valence-corrected chi connectivity index (χ2v) is 8.68. The molecule has 0 bridgehead atoms. The number of benzene rings is 3. The Hall–Kier alpha value is -3.00. The maximum absolute atomic E-state index is 12.9. The van der Waals surface area contributed by atoms with Crippen LogP contribution >= 0.6 is 11.6 Å². The smallest absolute Gasteiger partial charge is 0.248 e.